The van der Waals surface area contributed by atoms with Crippen molar-refractivity contribution < 1.29 is 24.3 Å². The SMILES string of the molecule is N[C@]1(C(=O)O)CC[C@@H]2C(P(=O)(O)O)[C@@H]21. The number of aliphatic carboxylic acids is 1. The number of carboxylic acids is 1. The normalized spacial score (nSPS) is 46.1. The van der Waals surface area contributed by atoms with Gasteiger partial charge in [-0.15, -0.1) is 0 Å². The highest BCUT2D eigenvalue weighted by Gasteiger charge is 2.72. The summed E-state index contributed by atoms with van der Waals surface area (Å²) >= 11 is 0. The standard InChI is InChI=1S/C7H12NO5P/c8-7(6(9)10)2-1-3-4(7)5(3)14(11,12)13/h3-5H,1-2,8H2,(H,9,10)(H2,11,12,13)/t3-,4+,5?,7+/m0/s1. The maximum atomic E-state index is 11.0. The molecule has 0 heterocycles. The summed E-state index contributed by atoms with van der Waals surface area (Å²) in [5, 5.41) is 8.88. The third-order valence-electron chi connectivity index (χ3n) is 3.40. The Kier molecular flexibility index (Phi) is 1.86. The smallest absolute Gasteiger partial charge is 0.329 e. The molecule has 0 saturated heterocycles. The van der Waals surface area contributed by atoms with E-state index in [1.54, 1.807) is 0 Å². The van der Waals surface area contributed by atoms with Crippen molar-refractivity contribution in [1.29, 1.82) is 0 Å². The zero-order valence-corrected chi connectivity index (χ0v) is 8.22. The lowest BCUT2D eigenvalue weighted by Crippen LogP contribution is -2.49. The first-order chi connectivity index (χ1) is 6.28. The highest BCUT2D eigenvalue weighted by molar-refractivity contribution is 7.53. The third kappa shape index (κ3) is 1.15. The van der Waals surface area contributed by atoms with Gasteiger partial charge in [0.15, 0.2) is 0 Å². The molecule has 0 radical (unpaired) electrons. The molecule has 80 valence electrons. The molecule has 0 aromatic heterocycles. The average Bonchev–Trinajstić information content (AvgIpc) is 2.66. The Balaban J connectivity index is 2.23. The summed E-state index contributed by atoms with van der Waals surface area (Å²) < 4.78 is 11.0. The van der Waals surface area contributed by atoms with Gasteiger partial charge in [-0.1, -0.05) is 0 Å². The van der Waals surface area contributed by atoms with E-state index in [1.165, 1.54) is 0 Å². The molecule has 2 saturated carbocycles. The summed E-state index contributed by atoms with van der Waals surface area (Å²) in [4.78, 5) is 28.7. The van der Waals surface area contributed by atoms with E-state index in [1.807, 2.05) is 0 Å². The van der Waals surface area contributed by atoms with Crippen LogP contribution in [-0.4, -0.2) is 32.1 Å². The predicted octanol–water partition coefficient (Wildman–Crippen LogP) is -0.645. The van der Waals surface area contributed by atoms with Gasteiger partial charge in [-0.25, -0.2) is 0 Å². The van der Waals surface area contributed by atoms with Gasteiger partial charge >= 0.3 is 13.6 Å². The fourth-order valence-corrected chi connectivity index (χ4v) is 4.31. The van der Waals surface area contributed by atoms with E-state index in [-0.39, 0.29) is 5.92 Å². The van der Waals surface area contributed by atoms with Gasteiger partial charge in [0.1, 0.15) is 5.54 Å². The lowest BCUT2D eigenvalue weighted by molar-refractivity contribution is -0.143. The van der Waals surface area contributed by atoms with E-state index in [0.717, 1.165) is 0 Å². The van der Waals surface area contributed by atoms with E-state index in [0.29, 0.717) is 12.8 Å². The van der Waals surface area contributed by atoms with Crippen LogP contribution in [0.4, 0.5) is 0 Å². The van der Waals surface area contributed by atoms with Gasteiger partial charge in [-0.05, 0) is 18.8 Å². The van der Waals surface area contributed by atoms with Crippen LogP contribution in [0.1, 0.15) is 12.8 Å². The molecule has 6 nitrogen and oxygen atoms in total. The number of nitrogens with two attached hydrogens (primary N) is 1. The minimum Gasteiger partial charge on any atom is -0.480 e. The Bertz CT molecular complexity index is 339. The summed E-state index contributed by atoms with van der Waals surface area (Å²) in [6.07, 6.45) is 0.817. The van der Waals surface area contributed by atoms with Crippen LogP contribution in [0, 0.1) is 11.8 Å². The molecule has 0 aliphatic heterocycles. The van der Waals surface area contributed by atoms with E-state index in [4.69, 9.17) is 20.6 Å². The van der Waals surface area contributed by atoms with Gasteiger partial charge in [0.05, 0.1) is 5.66 Å². The van der Waals surface area contributed by atoms with Gasteiger partial charge in [0, 0.05) is 5.92 Å². The van der Waals surface area contributed by atoms with Crippen molar-refractivity contribution in [2.45, 2.75) is 24.0 Å². The van der Waals surface area contributed by atoms with Crippen LogP contribution in [-0.2, 0) is 9.36 Å². The van der Waals surface area contributed by atoms with Crippen molar-refractivity contribution in [1.82, 2.24) is 0 Å². The monoisotopic (exact) mass is 221 g/mol. The lowest BCUT2D eigenvalue weighted by Gasteiger charge is -2.22. The molecule has 4 atom stereocenters. The lowest BCUT2D eigenvalue weighted by atomic mass is 9.95. The van der Waals surface area contributed by atoms with Gasteiger partial charge in [0.25, 0.3) is 0 Å². The van der Waals surface area contributed by atoms with Crippen LogP contribution < -0.4 is 5.73 Å². The summed E-state index contributed by atoms with van der Waals surface area (Å²) in [7, 11) is -4.17. The molecular weight excluding hydrogens is 209 g/mol. The molecule has 5 N–H and O–H groups in total. The molecule has 0 bridgehead atoms. The zero-order valence-electron chi connectivity index (χ0n) is 7.33. The van der Waals surface area contributed by atoms with Crippen LogP contribution in [0.3, 0.4) is 0 Å². The fraction of sp³-hybridized carbons (Fsp3) is 0.857. The van der Waals surface area contributed by atoms with Crippen LogP contribution >= 0.6 is 7.60 Å². The van der Waals surface area contributed by atoms with Gasteiger partial charge in [-0.3, -0.25) is 9.36 Å². The molecular formula is C7H12NO5P. The van der Waals surface area contributed by atoms with Crippen LogP contribution in [0.25, 0.3) is 0 Å². The van der Waals surface area contributed by atoms with Crippen LogP contribution in [0.2, 0.25) is 0 Å². The molecule has 0 aromatic rings. The van der Waals surface area contributed by atoms with Crippen molar-refractivity contribution in [3.05, 3.63) is 0 Å². The second-order valence-corrected chi connectivity index (χ2v) is 5.93. The molecule has 7 heteroatoms. The number of hydrogen-bond donors (Lipinski definition) is 4. The fourth-order valence-electron chi connectivity index (χ4n) is 2.67. The van der Waals surface area contributed by atoms with Crippen molar-refractivity contribution in [2.75, 3.05) is 0 Å². The Morgan fingerprint density at radius 3 is 2.43 bits per heavy atom. The molecule has 1 unspecified atom stereocenters. The first-order valence-electron chi connectivity index (χ1n) is 4.36. The van der Waals surface area contributed by atoms with Crippen LogP contribution in [0.15, 0.2) is 0 Å². The number of rotatable bonds is 2. The van der Waals surface area contributed by atoms with Crippen molar-refractivity contribution in [3.8, 4) is 0 Å². The highest BCUT2D eigenvalue weighted by Crippen LogP contribution is 2.70. The second kappa shape index (κ2) is 2.58. The van der Waals surface area contributed by atoms with Crippen LogP contribution in [0.5, 0.6) is 0 Å². The first kappa shape index (κ1) is 10.1. The molecule has 2 aliphatic rings. The van der Waals surface area contributed by atoms with Gasteiger partial charge in [-0.2, -0.15) is 0 Å². The van der Waals surface area contributed by atoms with Crippen molar-refractivity contribution in [3.63, 3.8) is 0 Å². The Morgan fingerprint density at radius 2 is 2.07 bits per heavy atom. The number of hydrogen-bond acceptors (Lipinski definition) is 3. The maximum absolute atomic E-state index is 11.0. The number of fused-ring (bicyclic) bond motifs is 1. The molecule has 0 spiro atoms. The number of carbonyl (C=O) groups is 1. The molecule has 14 heavy (non-hydrogen) atoms. The molecule has 2 fully saturated rings. The Hall–Kier alpha value is -0.420. The third-order valence-corrected chi connectivity index (χ3v) is 4.88. The molecule has 0 aromatic carbocycles. The predicted molar refractivity (Wildman–Crippen MR) is 46.6 cm³/mol. The van der Waals surface area contributed by atoms with Crippen molar-refractivity contribution in [2.24, 2.45) is 17.6 Å². The van der Waals surface area contributed by atoms with E-state index < -0.39 is 30.7 Å². The summed E-state index contributed by atoms with van der Waals surface area (Å²) in [6.45, 7) is 0. The maximum Gasteiger partial charge on any atom is 0.329 e. The van der Waals surface area contributed by atoms with Gasteiger partial charge in [0.2, 0.25) is 0 Å². The number of carboxylic acid groups (broad SMARTS) is 1. The van der Waals surface area contributed by atoms with E-state index in [2.05, 4.69) is 0 Å². The molecule has 0 amide bonds. The first-order valence-corrected chi connectivity index (χ1v) is 6.04. The van der Waals surface area contributed by atoms with Crippen molar-refractivity contribution >= 4 is 13.6 Å². The zero-order chi connectivity index (χ0) is 10.7. The second-order valence-electron chi connectivity index (χ2n) is 4.15. The topological polar surface area (TPSA) is 121 Å². The minimum absolute atomic E-state index is 0.197. The van der Waals surface area contributed by atoms with E-state index in [9.17, 15) is 9.36 Å². The quantitative estimate of drug-likeness (QED) is 0.460. The minimum atomic E-state index is -4.17. The summed E-state index contributed by atoms with van der Waals surface area (Å²) in [6, 6.07) is 0. The average molecular weight is 221 g/mol. The largest absolute Gasteiger partial charge is 0.480 e. The summed E-state index contributed by atoms with van der Waals surface area (Å²) in [5.74, 6) is -1.89. The summed E-state index contributed by atoms with van der Waals surface area (Å²) in [5.41, 5.74) is 3.39. The Morgan fingerprint density at radius 1 is 1.50 bits per heavy atom. The molecule has 2 aliphatic carbocycles. The van der Waals surface area contributed by atoms with E-state index >= 15 is 0 Å². The van der Waals surface area contributed by atoms with Gasteiger partial charge < -0.3 is 20.6 Å². The Labute approximate surface area is 80.3 Å². The highest BCUT2D eigenvalue weighted by atomic mass is 31.2. The molecule has 2 rings (SSSR count).